The number of likely N-dealkylation sites (N-methyl/N-ethyl adjacent to an activating group) is 1. The van der Waals surface area contributed by atoms with Crippen LogP contribution < -0.4 is 0 Å². The highest BCUT2D eigenvalue weighted by Gasteiger charge is 2.56. The maximum Gasteiger partial charge on any atom is 0.312 e. The fourth-order valence-corrected chi connectivity index (χ4v) is 9.08. The molecule has 14 heteroatoms. The van der Waals surface area contributed by atoms with Crippen LogP contribution in [0.15, 0.2) is 48.5 Å². The third-order valence-electron chi connectivity index (χ3n) is 12.6. The number of ketones is 1. The number of hydrogen-bond donors (Lipinski definition) is 4. The molecule has 0 aliphatic carbocycles. The largest absolute Gasteiger partial charge is 0.508 e. The van der Waals surface area contributed by atoms with Crippen molar-refractivity contribution in [2.24, 2.45) is 23.7 Å². The number of phenols is 1. The number of aliphatic hydroxyl groups excluding tert-OH is 2. The van der Waals surface area contributed by atoms with E-state index in [9.17, 15) is 39.2 Å². The van der Waals surface area contributed by atoms with E-state index in [0.717, 1.165) is 5.56 Å². The molecule has 0 bridgehead atoms. The Hall–Kier alpha value is -3.50. The average Bonchev–Trinajstić information content (AvgIpc) is 3.18. The van der Waals surface area contributed by atoms with Crippen LogP contribution in [-0.2, 0) is 51.0 Å². The molecule has 2 heterocycles. The number of methoxy groups -OCH3 is 1. The summed E-state index contributed by atoms with van der Waals surface area (Å²) < 4.78 is 45.6. The maximum atomic E-state index is 14.2. The fourth-order valence-electron chi connectivity index (χ4n) is 9.08. The minimum atomic E-state index is -2.04. The van der Waals surface area contributed by atoms with E-state index >= 15 is 0 Å². The first-order valence-electron chi connectivity index (χ1n) is 20.6. The van der Waals surface area contributed by atoms with Crippen LogP contribution in [0.4, 0.5) is 4.39 Å². The van der Waals surface area contributed by atoms with Crippen molar-refractivity contribution in [1.82, 2.24) is 4.90 Å². The van der Waals surface area contributed by atoms with Crippen molar-refractivity contribution in [3.05, 3.63) is 65.5 Å². The van der Waals surface area contributed by atoms with Crippen LogP contribution in [0.2, 0.25) is 0 Å². The monoisotopic (exact) mass is 831 g/mol. The standard InChI is InChI=1S/C45H66FNO12/c1-12-35-44(8,54)39(51)27(4)37(50)25(2)23-43(7,55-11)41(28(5)38(29(6)42(53)56-35)57-36(49)22-30-16-18-32(46)19-17-30)59-45(9)40(52)34(20-26(3)58-45)47(10)24-31-14-13-15-33(48)21-31/h13-19,21,25-29,34-35,38-41,48,51-52,54H,12,20,22-24H2,1-11H3/t25-,26-,27+,28+,29-,34+,35-,38+,39-,40-,41-,43-,44-,45+/m1/s1. The van der Waals surface area contributed by atoms with Crippen molar-refractivity contribution >= 4 is 17.7 Å². The van der Waals surface area contributed by atoms with E-state index in [1.807, 2.05) is 24.9 Å². The number of cyclic esters (lactones) is 1. The minimum Gasteiger partial charge on any atom is -0.508 e. The van der Waals surface area contributed by atoms with Crippen molar-refractivity contribution in [3.63, 3.8) is 0 Å². The SMILES string of the molecule is CC[C@H]1OC(=O)[C@H](C)[C@@H](OC(=O)Cc2ccc(F)cc2)[C@H](C)[C@@H](O[C@]2(C)O[C@H](C)C[C@H](N(C)Cc3cccc(O)c3)[C@H]2O)[C@](C)(OC)C[C@@H](C)C(=O)[C@H](C)[C@@H](O)[C@]1(C)O. The number of Topliss-reactive ketones (excluding diaryl/α,β-unsaturated/α-hetero) is 1. The molecule has 4 N–H and O–H groups in total. The highest BCUT2D eigenvalue weighted by atomic mass is 19.1. The van der Waals surface area contributed by atoms with Crippen LogP contribution in [0.5, 0.6) is 5.75 Å². The lowest BCUT2D eigenvalue weighted by Crippen LogP contribution is -2.65. The lowest BCUT2D eigenvalue weighted by Gasteiger charge is -2.52. The molecule has 0 spiro atoms. The van der Waals surface area contributed by atoms with E-state index in [-0.39, 0.29) is 30.8 Å². The van der Waals surface area contributed by atoms with Gasteiger partial charge >= 0.3 is 11.9 Å². The summed E-state index contributed by atoms with van der Waals surface area (Å²) in [4.78, 5) is 44.0. The fraction of sp³-hybridized carbons (Fsp3) is 0.667. The van der Waals surface area contributed by atoms with E-state index in [2.05, 4.69) is 0 Å². The zero-order chi connectivity index (χ0) is 44.2. The van der Waals surface area contributed by atoms with Crippen LogP contribution in [-0.4, -0.2) is 117 Å². The van der Waals surface area contributed by atoms with Gasteiger partial charge in [0.2, 0.25) is 0 Å². The van der Waals surface area contributed by atoms with Gasteiger partial charge in [0.05, 0.1) is 36.3 Å². The van der Waals surface area contributed by atoms with Crippen LogP contribution in [0.1, 0.15) is 92.7 Å². The number of hydrogen-bond acceptors (Lipinski definition) is 13. The van der Waals surface area contributed by atoms with Gasteiger partial charge < -0.3 is 44.1 Å². The number of carbonyl (C=O) groups excluding carboxylic acids is 3. The first-order valence-corrected chi connectivity index (χ1v) is 20.6. The van der Waals surface area contributed by atoms with Gasteiger partial charge in [0.1, 0.15) is 41.3 Å². The lowest BCUT2D eigenvalue weighted by molar-refractivity contribution is -0.359. The highest BCUT2D eigenvalue weighted by molar-refractivity contribution is 5.83. The lowest BCUT2D eigenvalue weighted by atomic mass is 9.73. The third-order valence-corrected chi connectivity index (χ3v) is 12.6. The number of ether oxygens (including phenoxy) is 5. The highest BCUT2D eigenvalue weighted by Crippen LogP contribution is 2.43. The number of esters is 2. The Morgan fingerprint density at radius 3 is 2.20 bits per heavy atom. The summed E-state index contributed by atoms with van der Waals surface area (Å²) >= 11 is 0. The number of aromatic hydroxyl groups is 1. The zero-order valence-corrected chi connectivity index (χ0v) is 36.4. The van der Waals surface area contributed by atoms with E-state index < -0.39 is 101 Å². The Bertz CT molecular complexity index is 1740. The van der Waals surface area contributed by atoms with Crippen molar-refractivity contribution in [3.8, 4) is 5.75 Å². The number of benzene rings is 2. The molecule has 2 saturated heterocycles. The van der Waals surface area contributed by atoms with Gasteiger partial charge in [-0.15, -0.1) is 0 Å². The number of rotatable bonds is 10. The van der Waals surface area contributed by atoms with Crippen LogP contribution in [0.25, 0.3) is 0 Å². The van der Waals surface area contributed by atoms with Gasteiger partial charge in [-0.3, -0.25) is 19.3 Å². The second kappa shape index (κ2) is 19.5. The molecule has 0 saturated carbocycles. The molecule has 0 radical (unpaired) electrons. The van der Waals surface area contributed by atoms with Crippen molar-refractivity contribution < 1.29 is 62.9 Å². The Morgan fingerprint density at radius 2 is 1.61 bits per heavy atom. The molecule has 2 aromatic carbocycles. The molecule has 13 nitrogen and oxygen atoms in total. The molecule has 0 aromatic heterocycles. The van der Waals surface area contributed by atoms with Crippen molar-refractivity contribution in [2.75, 3.05) is 14.2 Å². The van der Waals surface area contributed by atoms with Gasteiger partial charge in [0, 0.05) is 37.5 Å². The predicted octanol–water partition coefficient (Wildman–Crippen LogP) is 5.11. The summed E-state index contributed by atoms with van der Waals surface area (Å²) in [6, 6.07) is 11.7. The number of halogens is 1. The average molecular weight is 832 g/mol. The zero-order valence-electron chi connectivity index (χ0n) is 36.4. The Kier molecular flexibility index (Phi) is 15.9. The van der Waals surface area contributed by atoms with E-state index in [1.165, 1.54) is 52.1 Å². The maximum absolute atomic E-state index is 14.2. The van der Waals surface area contributed by atoms with Gasteiger partial charge in [0.15, 0.2) is 5.79 Å². The number of carbonyl (C=O) groups is 3. The van der Waals surface area contributed by atoms with E-state index in [0.29, 0.717) is 18.5 Å². The van der Waals surface area contributed by atoms with Crippen LogP contribution in [0.3, 0.4) is 0 Å². The normalized spacial score (nSPS) is 37.7. The second-order valence-corrected chi connectivity index (χ2v) is 17.5. The Labute approximate surface area is 348 Å². The van der Waals surface area contributed by atoms with Crippen LogP contribution in [0, 0.1) is 29.5 Å². The number of phenolic OH excluding ortho intramolecular Hbond substituents is 1. The molecule has 0 unspecified atom stereocenters. The summed E-state index contributed by atoms with van der Waals surface area (Å²) in [5.41, 5.74) is -2.15. The smallest absolute Gasteiger partial charge is 0.312 e. The number of nitrogens with zero attached hydrogens (tertiary/aromatic N) is 1. The minimum absolute atomic E-state index is 0.00534. The second-order valence-electron chi connectivity index (χ2n) is 17.5. The van der Waals surface area contributed by atoms with Gasteiger partial charge in [-0.25, -0.2) is 4.39 Å². The molecule has 330 valence electrons. The Balaban J connectivity index is 1.84. The molecular weight excluding hydrogens is 765 g/mol. The number of aliphatic hydroxyl groups is 3. The summed E-state index contributed by atoms with van der Waals surface area (Å²) in [6.45, 7) is 15.0. The van der Waals surface area contributed by atoms with Crippen LogP contribution >= 0.6 is 0 Å². The van der Waals surface area contributed by atoms with Gasteiger partial charge in [0.25, 0.3) is 0 Å². The molecule has 2 aromatic rings. The van der Waals surface area contributed by atoms with Crippen molar-refractivity contribution in [1.29, 1.82) is 0 Å². The van der Waals surface area contributed by atoms with E-state index in [4.69, 9.17) is 23.7 Å². The van der Waals surface area contributed by atoms with Gasteiger partial charge in [-0.1, -0.05) is 52.0 Å². The Morgan fingerprint density at radius 1 is 0.966 bits per heavy atom. The topological polar surface area (TPSA) is 182 Å². The summed E-state index contributed by atoms with van der Waals surface area (Å²) in [5.74, 6) is -8.05. The summed E-state index contributed by atoms with van der Waals surface area (Å²) in [7, 11) is 3.30. The predicted molar refractivity (Wildman–Crippen MR) is 216 cm³/mol. The van der Waals surface area contributed by atoms with Crippen molar-refractivity contribution in [2.45, 2.75) is 154 Å². The molecule has 2 aliphatic rings. The summed E-state index contributed by atoms with van der Waals surface area (Å²) in [5, 5.41) is 45.5. The summed E-state index contributed by atoms with van der Waals surface area (Å²) in [6.07, 6.45) is -6.76. The molecule has 0 amide bonds. The third kappa shape index (κ3) is 11.1. The van der Waals surface area contributed by atoms with Gasteiger partial charge in [-0.05, 0) is 96.3 Å². The molecule has 2 fully saturated rings. The molecule has 4 rings (SSSR count). The quantitative estimate of drug-likeness (QED) is 0.232. The molecular formula is C45H66FNO12. The molecule has 14 atom stereocenters. The molecule has 2 aliphatic heterocycles. The molecule has 59 heavy (non-hydrogen) atoms. The van der Waals surface area contributed by atoms with Gasteiger partial charge in [-0.2, -0.15) is 0 Å². The first-order chi connectivity index (χ1) is 27.5. The first kappa shape index (κ1) is 48.2. The van der Waals surface area contributed by atoms with E-state index in [1.54, 1.807) is 52.8 Å².